The number of rotatable bonds is 7. The van der Waals surface area contributed by atoms with E-state index in [-0.39, 0.29) is 11.9 Å². The van der Waals surface area contributed by atoms with Gasteiger partial charge >= 0.3 is 0 Å². The number of likely N-dealkylation sites (N-methyl/N-ethyl adjacent to an activating group) is 1. The van der Waals surface area contributed by atoms with Crippen molar-refractivity contribution in [1.29, 1.82) is 0 Å². The first-order valence-electron chi connectivity index (χ1n) is 7.64. The van der Waals surface area contributed by atoms with Crippen LogP contribution in [-0.2, 0) is 4.79 Å². The number of benzene rings is 1. The molecule has 1 aromatic carbocycles. The van der Waals surface area contributed by atoms with E-state index in [0.29, 0.717) is 0 Å². The lowest BCUT2D eigenvalue weighted by atomic mass is 10.1. The van der Waals surface area contributed by atoms with Crippen molar-refractivity contribution in [3.8, 4) is 0 Å². The van der Waals surface area contributed by atoms with E-state index in [9.17, 15) is 4.79 Å². The summed E-state index contributed by atoms with van der Waals surface area (Å²) in [5.74, 6) is 0.0515. The van der Waals surface area contributed by atoms with Gasteiger partial charge in [0.1, 0.15) is 6.04 Å². The molecule has 4 nitrogen and oxygen atoms in total. The molecular weight excluding hydrogens is 250 g/mol. The van der Waals surface area contributed by atoms with Crippen LogP contribution in [0.5, 0.6) is 0 Å². The summed E-state index contributed by atoms with van der Waals surface area (Å²) < 4.78 is 0. The molecular formula is C16H25N3O. The van der Waals surface area contributed by atoms with Crippen LogP contribution >= 0.6 is 0 Å². The Morgan fingerprint density at radius 1 is 1.30 bits per heavy atom. The van der Waals surface area contributed by atoms with Crippen molar-refractivity contribution in [3.63, 3.8) is 0 Å². The molecule has 1 heterocycles. The molecule has 0 spiro atoms. The lowest BCUT2D eigenvalue weighted by Gasteiger charge is -2.23. The van der Waals surface area contributed by atoms with Gasteiger partial charge in [0.25, 0.3) is 0 Å². The van der Waals surface area contributed by atoms with Gasteiger partial charge < -0.3 is 15.5 Å². The van der Waals surface area contributed by atoms with E-state index in [4.69, 9.17) is 0 Å². The van der Waals surface area contributed by atoms with Gasteiger partial charge in [-0.1, -0.05) is 26.3 Å². The smallest absolute Gasteiger partial charge is 0.246 e. The molecule has 0 aliphatic carbocycles. The van der Waals surface area contributed by atoms with Crippen molar-refractivity contribution in [2.45, 2.75) is 39.7 Å². The number of carbonyl (C=O) groups is 1. The molecule has 2 N–H and O–H groups in total. The zero-order chi connectivity index (χ0) is 14.5. The van der Waals surface area contributed by atoms with Crippen LogP contribution in [0.25, 0.3) is 0 Å². The highest BCUT2D eigenvalue weighted by Crippen LogP contribution is 2.34. The maximum absolute atomic E-state index is 12.0. The first-order chi connectivity index (χ1) is 9.71. The Morgan fingerprint density at radius 3 is 2.75 bits per heavy atom. The summed E-state index contributed by atoms with van der Waals surface area (Å²) in [4.78, 5) is 14.3. The van der Waals surface area contributed by atoms with Crippen LogP contribution in [0.15, 0.2) is 18.2 Å². The largest absolute Gasteiger partial charge is 0.372 e. The SMILES string of the molecule is CCCCN(CC)c1ccc2c(c1)NC(=O)C2NCC. The van der Waals surface area contributed by atoms with Crippen LogP contribution in [0.2, 0.25) is 0 Å². The van der Waals surface area contributed by atoms with E-state index in [1.165, 1.54) is 18.5 Å². The lowest BCUT2D eigenvalue weighted by Crippen LogP contribution is -2.27. The summed E-state index contributed by atoms with van der Waals surface area (Å²) >= 11 is 0. The van der Waals surface area contributed by atoms with Crippen LogP contribution in [-0.4, -0.2) is 25.5 Å². The van der Waals surface area contributed by atoms with Gasteiger partial charge in [0.05, 0.1) is 0 Å². The fourth-order valence-electron chi connectivity index (χ4n) is 2.67. The number of amides is 1. The fourth-order valence-corrected chi connectivity index (χ4v) is 2.67. The molecule has 1 aromatic rings. The first kappa shape index (κ1) is 14.9. The monoisotopic (exact) mass is 275 g/mol. The maximum atomic E-state index is 12.0. The molecule has 0 saturated heterocycles. The van der Waals surface area contributed by atoms with Gasteiger partial charge in [0.15, 0.2) is 0 Å². The van der Waals surface area contributed by atoms with Gasteiger partial charge in [0.2, 0.25) is 5.91 Å². The number of carbonyl (C=O) groups excluding carboxylic acids is 1. The Bertz CT molecular complexity index is 473. The Balaban J connectivity index is 2.20. The van der Waals surface area contributed by atoms with Gasteiger partial charge in [-0.3, -0.25) is 4.79 Å². The van der Waals surface area contributed by atoms with E-state index in [1.54, 1.807) is 0 Å². The van der Waals surface area contributed by atoms with Crippen LogP contribution in [0.3, 0.4) is 0 Å². The van der Waals surface area contributed by atoms with Crippen molar-refractivity contribution < 1.29 is 4.79 Å². The van der Waals surface area contributed by atoms with Crippen molar-refractivity contribution in [2.75, 3.05) is 29.9 Å². The Hall–Kier alpha value is -1.55. The number of unbranched alkanes of at least 4 members (excludes halogenated alkanes) is 1. The molecule has 2 rings (SSSR count). The third kappa shape index (κ3) is 2.96. The van der Waals surface area contributed by atoms with E-state index in [0.717, 1.165) is 30.9 Å². The number of nitrogens with zero attached hydrogens (tertiary/aromatic N) is 1. The molecule has 0 fully saturated rings. The Morgan fingerprint density at radius 2 is 2.10 bits per heavy atom. The summed E-state index contributed by atoms with van der Waals surface area (Å²) in [5.41, 5.74) is 3.21. The minimum atomic E-state index is -0.199. The van der Waals surface area contributed by atoms with E-state index in [1.807, 2.05) is 6.92 Å². The zero-order valence-electron chi connectivity index (χ0n) is 12.7. The molecule has 1 aliphatic heterocycles. The quantitative estimate of drug-likeness (QED) is 0.804. The number of hydrogen-bond donors (Lipinski definition) is 2. The number of hydrogen-bond acceptors (Lipinski definition) is 3. The molecule has 0 bridgehead atoms. The summed E-state index contributed by atoms with van der Waals surface area (Å²) in [7, 11) is 0. The van der Waals surface area contributed by atoms with Gasteiger partial charge in [-0.2, -0.15) is 0 Å². The predicted molar refractivity (Wildman–Crippen MR) is 84.3 cm³/mol. The number of anilines is 2. The molecule has 110 valence electrons. The fraction of sp³-hybridized carbons (Fsp3) is 0.562. The highest BCUT2D eigenvalue weighted by molar-refractivity contribution is 6.03. The van der Waals surface area contributed by atoms with Gasteiger partial charge in [-0.15, -0.1) is 0 Å². The molecule has 1 unspecified atom stereocenters. The second kappa shape index (κ2) is 6.75. The van der Waals surface area contributed by atoms with Crippen molar-refractivity contribution in [2.24, 2.45) is 0 Å². The van der Waals surface area contributed by atoms with Gasteiger partial charge in [-0.05, 0) is 32.0 Å². The number of fused-ring (bicyclic) bond motifs is 1. The summed E-state index contributed by atoms with van der Waals surface area (Å²) in [6, 6.07) is 6.10. The second-order valence-electron chi connectivity index (χ2n) is 5.18. The van der Waals surface area contributed by atoms with Crippen LogP contribution < -0.4 is 15.5 Å². The average molecular weight is 275 g/mol. The molecule has 1 atom stereocenters. The molecule has 20 heavy (non-hydrogen) atoms. The second-order valence-corrected chi connectivity index (χ2v) is 5.18. The topological polar surface area (TPSA) is 44.4 Å². The molecule has 1 amide bonds. The van der Waals surface area contributed by atoms with E-state index in [2.05, 4.69) is 47.6 Å². The third-order valence-corrected chi connectivity index (χ3v) is 3.80. The lowest BCUT2D eigenvalue weighted by molar-refractivity contribution is -0.117. The third-order valence-electron chi connectivity index (χ3n) is 3.80. The van der Waals surface area contributed by atoms with Gasteiger partial charge in [0, 0.05) is 30.0 Å². The predicted octanol–water partition coefficient (Wildman–Crippen LogP) is 2.92. The Labute approximate surface area is 121 Å². The van der Waals surface area contributed by atoms with Crippen molar-refractivity contribution >= 4 is 17.3 Å². The van der Waals surface area contributed by atoms with Gasteiger partial charge in [-0.25, -0.2) is 0 Å². The average Bonchev–Trinajstić information content (AvgIpc) is 2.76. The van der Waals surface area contributed by atoms with Crippen LogP contribution in [0.1, 0.15) is 45.2 Å². The van der Waals surface area contributed by atoms with Crippen LogP contribution in [0, 0.1) is 0 Å². The number of nitrogens with one attached hydrogen (secondary N) is 2. The van der Waals surface area contributed by atoms with Crippen LogP contribution in [0.4, 0.5) is 11.4 Å². The summed E-state index contributed by atoms with van der Waals surface area (Å²) in [5, 5.41) is 6.20. The summed E-state index contributed by atoms with van der Waals surface area (Å²) in [6.45, 7) is 9.24. The van der Waals surface area contributed by atoms with E-state index < -0.39 is 0 Å². The molecule has 0 radical (unpaired) electrons. The first-order valence-corrected chi connectivity index (χ1v) is 7.64. The molecule has 4 heteroatoms. The standard InChI is InChI=1S/C16H25N3O/c1-4-7-10-19(6-3)12-8-9-13-14(11-12)18-16(20)15(13)17-5-2/h8-9,11,15,17H,4-7,10H2,1-3H3,(H,18,20). The summed E-state index contributed by atoms with van der Waals surface area (Å²) in [6.07, 6.45) is 2.39. The van der Waals surface area contributed by atoms with Crippen molar-refractivity contribution in [3.05, 3.63) is 23.8 Å². The zero-order valence-corrected chi connectivity index (χ0v) is 12.7. The maximum Gasteiger partial charge on any atom is 0.246 e. The highest BCUT2D eigenvalue weighted by atomic mass is 16.2. The molecule has 0 saturated carbocycles. The normalized spacial score (nSPS) is 16.9. The van der Waals surface area contributed by atoms with Crippen molar-refractivity contribution in [1.82, 2.24) is 5.32 Å². The molecule has 0 aromatic heterocycles. The Kier molecular flexibility index (Phi) is 5.01. The molecule has 1 aliphatic rings. The minimum absolute atomic E-state index is 0.0515. The minimum Gasteiger partial charge on any atom is -0.372 e. The highest BCUT2D eigenvalue weighted by Gasteiger charge is 2.29. The van der Waals surface area contributed by atoms with E-state index >= 15 is 0 Å².